The van der Waals surface area contributed by atoms with Crippen molar-refractivity contribution in [1.82, 2.24) is 0 Å². The molecule has 1 nitrogen and oxygen atoms in total. The van der Waals surface area contributed by atoms with Gasteiger partial charge in [-0.3, -0.25) is 0 Å². The van der Waals surface area contributed by atoms with Crippen molar-refractivity contribution in [2.75, 3.05) is 0 Å². The normalized spacial score (nSPS) is 40.5. The molecule has 1 rings (SSSR count). The van der Waals surface area contributed by atoms with Gasteiger partial charge in [-0.1, -0.05) is 20.3 Å². The first-order chi connectivity index (χ1) is 4.70. The maximum absolute atomic E-state index is 6.12. The molecule has 1 aliphatic carbocycles. The van der Waals surface area contributed by atoms with Crippen LogP contribution in [0.5, 0.6) is 0 Å². The van der Waals surface area contributed by atoms with Crippen LogP contribution in [0.3, 0.4) is 0 Å². The van der Waals surface area contributed by atoms with Gasteiger partial charge in [-0.25, -0.2) is 0 Å². The van der Waals surface area contributed by atoms with Crippen LogP contribution in [0.2, 0.25) is 0 Å². The van der Waals surface area contributed by atoms with Crippen molar-refractivity contribution in [1.29, 1.82) is 0 Å². The van der Waals surface area contributed by atoms with Crippen molar-refractivity contribution in [2.45, 2.75) is 51.5 Å². The van der Waals surface area contributed by atoms with Gasteiger partial charge in [-0.15, -0.1) is 0 Å². The summed E-state index contributed by atoms with van der Waals surface area (Å²) < 4.78 is 0. The highest BCUT2D eigenvalue weighted by atomic mass is 14.8. The highest BCUT2D eigenvalue weighted by Gasteiger charge is 2.32. The molecule has 1 fully saturated rings. The Morgan fingerprint density at radius 3 is 2.50 bits per heavy atom. The molecule has 0 bridgehead atoms. The average molecular weight is 141 g/mol. The van der Waals surface area contributed by atoms with E-state index in [9.17, 15) is 0 Å². The lowest BCUT2D eigenvalue weighted by Gasteiger charge is -2.21. The predicted octanol–water partition coefficient (Wildman–Crippen LogP) is 2.30. The Labute approximate surface area is 64.0 Å². The van der Waals surface area contributed by atoms with Crippen LogP contribution in [0, 0.1) is 5.92 Å². The van der Waals surface area contributed by atoms with E-state index >= 15 is 0 Å². The number of nitrogens with two attached hydrogens (primary N) is 1. The van der Waals surface area contributed by atoms with Crippen molar-refractivity contribution in [3.63, 3.8) is 0 Å². The van der Waals surface area contributed by atoms with Gasteiger partial charge in [0.1, 0.15) is 0 Å². The summed E-state index contributed by atoms with van der Waals surface area (Å²) in [5.74, 6) is 0.921. The van der Waals surface area contributed by atoms with Gasteiger partial charge in [0.05, 0.1) is 0 Å². The first kappa shape index (κ1) is 8.06. The van der Waals surface area contributed by atoms with E-state index in [1.165, 1.54) is 25.7 Å². The highest BCUT2D eigenvalue weighted by Crippen LogP contribution is 2.36. The molecule has 2 N–H and O–H groups in total. The summed E-state index contributed by atoms with van der Waals surface area (Å²) in [5.41, 5.74) is 6.33. The summed E-state index contributed by atoms with van der Waals surface area (Å²) in [6.45, 7) is 4.48. The summed E-state index contributed by atoms with van der Waals surface area (Å²) in [6, 6.07) is 0. The average Bonchev–Trinajstić information content (AvgIpc) is 2.33. The predicted molar refractivity (Wildman–Crippen MR) is 44.8 cm³/mol. The van der Waals surface area contributed by atoms with Crippen LogP contribution in [-0.4, -0.2) is 5.54 Å². The molecule has 0 aromatic heterocycles. The van der Waals surface area contributed by atoms with Crippen molar-refractivity contribution >= 4 is 0 Å². The Kier molecular flexibility index (Phi) is 2.35. The van der Waals surface area contributed by atoms with E-state index in [1.54, 1.807) is 0 Å². The molecule has 0 radical (unpaired) electrons. The molecule has 0 spiro atoms. The Morgan fingerprint density at radius 2 is 2.20 bits per heavy atom. The third-order valence-corrected chi connectivity index (χ3v) is 3.03. The van der Waals surface area contributed by atoms with E-state index in [4.69, 9.17) is 5.73 Å². The van der Waals surface area contributed by atoms with E-state index in [0.29, 0.717) is 0 Å². The van der Waals surface area contributed by atoms with Gasteiger partial charge >= 0.3 is 0 Å². The van der Waals surface area contributed by atoms with Gasteiger partial charge < -0.3 is 5.73 Å². The van der Waals surface area contributed by atoms with Crippen LogP contribution in [0.4, 0.5) is 0 Å². The van der Waals surface area contributed by atoms with Gasteiger partial charge in [0.25, 0.3) is 0 Å². The molecule has 60 valence electrons. The maximum Gasteiger partial charge on any atom is 0.0154 e. The zero-order chi connectivity index (χ0) is 7.61. The van der Waals surface area contributed by atoms with Crippen LogP contribution >= 0.6 is 0 Å². The summed E-state index contributed by atoms with van der Waals surface area (Å²) in [6.07, 6.45) is 6.35. The molecule has 0 aromatic rings. The fourth-order valence-electron chi connectivity index (χ4n) is 1.94. The Morgan fingerprint density at radius 1 is 1.50 bits per heavy atom. The fraction of sp³-hybridized carbons (Fsp3) is 1.00. The fourth-order valence-corrected chi connectivity index (χ4v) is 1.94. The number of hydrogen-bond acceptors (Lipinski definition) is 1. The Balaban J connectivity index is 2.41. The summed E-state index contributed by atoms with van der Waals surface area (Å²) in [5, 5.41) is 0. The monoisotopic (exact) mass is 141 g/mol. The summed E-state index contributed by atoms with van der Waals surface area (Å²) in [4.78, 5) is 0. The second-order valence-corrected chi connectivity index (χ2v) is 3.73. The van der Waals surface area contributed by atoms with Gasteiger partial charge in [0, 0.05) is 5.54 Å². The third-order valence-electron chi connectivity index (χ3n) is 3.03. The zero-order valence-corrected chi connectivity index (χ0v) is 7.19. The Bertz CT molecular complexity index is 111. The number of rotatable bonds is 2. The second-order valence-electron chi connectivity index (χ2n) is 3.73. The van der Waals surface area contributed by atoms with Crippen molar-refractivity contribution in [3.05, 3.63) is 0 Å². The molecule has 0 aliphatic heterocycles. The van der Waals surface area contributed by atoms with Crippen LogP contribution < -0.4 is 5.73 Å². The SMILES string of the molecule is CCC1CCC(N)(CC)C1. The lowest BCUT2D eigenvalue weighted by atomic mass is 9.94. The molecule has 2 atom stereocenters. The maximum atomic E-state index is 6.12. The number of hydrogen-bond donors (Lipinski definition) is 1. The smallest absolute Gasteiger partial charge is 0.0154 e. The van der Waals surface area contributed by atoms with Crippen LogP contribution in [-0.2, 0) is 0 Å². The molecule has 0 amide bonds. The lowest BCUT2D eigenvalue weighted by Crippen LogP contribution is -2.35. The van der Waals surface area contributed by atoms with Gasteiger partial charge in [0.2, 0.25) is 0 Å². The molecule has 2 unspecified atom stereocenters. The molecular formula is C9H19N. The van der Waals surface area contributed by atoms with Gasteiger partial charge in [-0.05, 0) is 31.6 Å². The minimum atomic E-state index is 0.209. The van der Waals surface area contributed by atoms with Crippen molar-refractivity contribution in [3.8, 4) is 0 Å². The largest absolute Gasteiger partial charge is 0.325 e. The molecule has 1 heteroatoms. The van der Waals surface area contributed by atoms with Gasteiger partial charge in [-0.2, -0.15) is 0 Å². The minimum absolute atomic E-state index is 0.209. The first-order valence-corrected chi connectivity index (χ1v) is 4.49. The molecular weight excluding hydrogens is 122 g/mol. The van der Waals surface area contributed by atoms with Crippen LogP contribution in [0.1, 0.15) is 46.0 Å². The third kappa shape index (κ3) is 1.51. The van der Waals surface area contributed by atoms with E-state index in [1.807, 2.05) is 0 Å². The minimum Gasteiger partial charge on any atom is -0.325 e. The second kappa shape index (κ2) is 2.91. The van der Waals surface area contributed by atoms with Crippen LogP contribution in [0.15, 0.2) is 0 Å². The van der Waals surface area contributed by atoms with Gasteiger partial charge in [0.15, 0.2) is 0 Å². The Hall–Kier alpha value is -0.0400. The zero-order valence-electron chi connectivity index (χ0n) is 7.19. The first-order valence-electron chi connectivity index (χ1n) is 4.49. The molecule has 1 aliphatic rings. The lowest BCUT2D eigenvalue weighted by molar-refractivity contribution is 0.397. The summed E-state index contributed by atoms with van der Waals surface area (Å²) in [7, 11) is 0. The molecule has 1 saturated carbocycles. The molecule has 0 saturated heterocycles. The van der Waals surface area contributed by atoms with E-state index < -0.39 is 0 Å². The molecule has 0 aromatic carbocycles. The van der Waals surface area contributed by atoms with Crippen LogP contribution in [0.25, 0.3) is 0 Å². The molecule has 0 heterocycles. The van der Waals surface area contributed by atoms with E-state index in [-0.39, 0.29) is 5.54 Å². The standard InChI is InChI=1S/C9H19N/c1-3-8-5-6-9(10,4-2)7-8/h8H,3-7,10H2,1-2H3. The van der Waals surface area contributed by atoms with Crippen molar-refractivity contribution < 1.29 is 0 Å². The topological polar surface area (TPSA) is 26.0 Å². The van der Waals surface area contributed by atoms with E-state index in [2.05, 4.69) is 13.8 Å². The van der Waals surface area contributed by atoms with E-state index in [0.717, 1.165) is 12.3 Å². The highest BCUT2D eigenvalue weighted by molar-refractivity contribution is 4.91. The summed E-state index contributed by atoms with van der Waals surface area (Å²) >= 11 is 0. The molecule has 10 heavy (non-hydrogen) atoms. The van der Waals surface area contributed by atoms with Crippen molar-refractivity contribution in [2.24, 2.45) is 11.7 Å². The quantitative estimate of drug-likeness (QED) is 0.627.